The molecule has 2 saturated heterocycles. The molecule has 0 aliphatic carbocycles. The molecule has 0 radical (unpaired) electrons. The molecule has 0 spiro atoms. The van der Waals surface area contributed by atoms with Crippen molar-refractivity contribution in [2.45, 2.75) is 39.2 Å². The number of aromatic nitrogens is 1. The predicted molar refractivity (Wildman–Crippen MR) is 117 cm³/mol. The number of likely N-dealkylation sites (tertiary alicyclic amines) is 2. The van der Waals surface area contributed by atoms with E-state index in [9.17, 15) is 9.59 Å². The highest BCUT2D eigenvalue weighted by Crippen LogP contribution is 2.22. The number of pyridine rings is 1. The number of carbonyl (C=O) groups is 2. The van der Waals surface area contributed by atoms with E-state index in [1.807, 2.05) is 34.1 Å². The summed E-state index contributed by atoms with van der Waals surface area (Å²) in [5.41, 5.74) is 3.11. The molecule has 1 aromatic heterocycles. The molecule has 2 aliphatic rings. The average molecular weight is 407 g/mol. The van der Waals surface area contributed by atoms with Crippen molar-refractivity contribution < 1.29 is 9.59 Å². The fourth-order valence-electron chi connectivity index (χ4n) is 4.33. The van der Waals surface area contributed by atoms with Gasteiger partial charge in [-0.05, 0) is 55.4 Å². The highest BCUT2D eigenvalue weighted by molar-refractivity contribution is 5.94. The lowest BCUT2D eigenvalue weighted by molar-refractivity contribution is -0.128. The Morgan fingerprint density at radius 2 is 1.93 bits per heavy atom. The van der Waals surface area contributed by atoms with Crippen LogP contribution in [0.5, 0.6) is 0 Å². The van der Waals surface area contributed by atoms with Gasteiger partial charge in [0.1, 0.15) is 5.82 Å². The third-order valence-corrected chi connectivity index (χ3v) is 6.28. The van der Waals surface area contributed by atoms with E-state index in [0.29, 0.717) is 24.4 Å². The van der Waals surface area contributed by atoms with Crippen molar-refractivity contribution in [3.63, 3.8) is 0 Å². The number of amides is 2. The summed E-state index contributed by atoms with van der Waals surface area (Å²) in [6.45, 7) is 6.05. The van der Waals surface area contributed by atoms with Crippen molar-refractivity contribution in [1.82, 2.24) is 14.8 Å². The van der Waals surface area contributed by atoms with Crippen molar-refractivity contribution in [2.75, 3.05) is 31.5 Å². The van der Waals surface area contributed by atoms with Crippen LogP contribution in [-0.4, -0.2) is 52.8 Å². The van der Waals surface area contributed by atoms with E-state index in [-0.39, 0.29) is 11.8 Å². The minimum atomic E-state index is 0.0450. The topological polar surface area (TPSA) is 65.5 Å². The quantitative estimate of drug-likeness (QED) is 0.798. The molecule has 0 atom stereocenters. The maximum Gasteiger partial charge on any atom is 0.255 e. The number of carbonyl (C=O) groups excluding carboxylic acids is 2. The van der Waals surface area contributed by atoms with E-state index in [0.717, 1.165) is 51.3 Å². The normalized spacial score (nSPS) is 17.4. The highest BCUT2D eigenvalue weighted by Gasteiger charge is 2.28. The van der Waals surface area contributed by atoms with Gasteiger partial charge in [0.15, 0.2) is 0 Å². The first-order valence-electron chi connectivity index (χ1n) is 10.9. The van der Waals surface area contributed by atoms with E-state index in [1.54, 1.807) is 6.20 Å². The van der Waals surface area contributed by atoms with Gasteiger partial charge < -0.3 is 15.1 Å². The SMILES string of the molecule is Cc1ccccc1CNc1ccc(C(=O)N2CCC(CN3CCCC3=O)CC2)cn1. The summed E-state index contributed by atoms with van der Waals surface area (Å²) in [4.78, 5) is 33.0. The lowest BCUT2D eigenvalue weighted by Crippen LogP contribution is -2.41. The summed E-state index contributed by atoms with van der Waals surface area (Å²) in [6, 6.07) is 12.0. The molecule has 3 heterocycles. The molecular formula is C24H30N4O2. The van der Waals surface area contributed by atoms with Crippen LogP contribution in [0.15, 0.2) is 42.6 Å². The summed E-state index contributed by atoms with van der Waals surface area (Å²) in [5, 5.41) is 3.32. The van der Waals surface area contributed by atoms with E-state index in [1.165, 1.54) is 11.1 Å². The second-order valence-corrected chi connectivity index (χ2v) is 8.39. The molecule has 2 aliphatic heterocycles. The van der Waals surface area contributed by atoms with E-state index in [2.05, 4.69) is 29.4 Å². The van der Waals surface area contributed by atoms with Crippen molar-refractivity contribution in [3.8, 4) is 0 Å². The third-order valence-electron chi connectivity index (χ3n) is 6.28. The first-order valence-corrected chi connectivity index (χ1v) is 10.9. The van der Waals surface area contributed by atoms with Crippen LogP contribution >= 0.6 is 0 Å². The predicted octanol–water partition coefficient (Wildman–Crippen LogP) is 3.48. The number of piperidine rings is 1. The van der Waals surface area contributed by atoms with Crippen LogP contribution < -0.4 is 5.32 Å². The van der Waals surface area contributed by atoms with Gasteiger partial charge in [0, 0.05) is 45.3 Å². The number of hydrogen-bond acceptors (Lipinski definition) is 4. The lowest BCUT2D eigenvalue weighted by Gasteiger charge is -2.34. The minimum Gasteiger partial charge on any atom is -0.366 e. The van der Waals surface area contributed by atoms with Crippen LogP contribution in [0.2, 0.25) is 0 Å². The Morgan fingerprint density at radius 1 is 1.13 bits per heavy atom. The van der Waals surface area contributed by atoms with Crippen LogP contribution in [0.3, 0.4) is 0 Å². The zero-order valence-corrected chi connectivity index (χ0v) is 17.6. The van der Waals surface area contributed by atoms with Gasteiger partial charge in [-0.2, -0.15) is 0 Å². The molecule has 0 unspecified atom stereocenters. The Hall–Kier alpha value is -2.89. The largest absolute Gasteiger partial charge is 0.366 e. The molecule has 2 aromatic rings. The van der Waals surface area contributed by atoms with Gasteiger partial charge in [-0.1, -0.05) is 24.3 Å². The Kier molecular flexibility index (Phi) is 6.31. The Bertz CT molecular complexity index is 888. The van der Waals surface area contributed by atoms with Gasteiger partial charge >= 0.3 is 0 Å². The third kappa shape index (κ3) is 4.81. The van der Waals surface area contributed by atoms with Gasteiger partial charge in [0.05, 0.1) is 5.56 Å². The van der Waals surface area contributed by atoms with E-state index >= 15 is 0 Å². The molecular weight excluding hydrogens is 376 g/mol. The molecule has 0 bridgehead atoms. The van der Waals surface area contributed by atoms with Crippen LogP contribution in [0.25, 0.3) is 0 Å². The van der Waals surface area contributed by atoms with Gasteiger partial charge in [0.25, 0.3) is 5.91 Å². The summed E-state index contributed by atoms with van der Waals surface area (Å²) >= 11 is 0. The lowest BCUT2D eigenvalue weighted by atomic mass is 9.96. The molecule has 1 aromatic carbocycles. The van der Waals surface area contributed by atoms with E-state index in [4.69, 9.17) is 0 Å². The smallest absolute Gasteiger partial charge is 0.255 e. The number of nitrogens with one attached hydrogen (secondary N) is 1. The Labute approximate surface area is 178 Å². The maximum absolute atomic E-state index is 12.8. The zero-order valence-electron chi connectivity index (χ0n) is 17.6. The fourth-order valence-corrected chi connectivity index (χ4v) is 4.33. The van der Waals surface area contributed by atoms with Crippen molar-refractivity contribution in [2.24, 2.45) is 5.92 Å². The standard InChI is InChI=1S/C24H30N4O2/c1-18-5-2-3-6-20(18)15-25-22-9-8-21(16-26-22)24(30)27-13-10-19(11-14-27)17-28-12-4-7-23(28)29/h2-3,5-6,8-9,16,19H,4,7,10-15,17H2,1H3,(H,25,26). The Balaban J connectivity index is 1.27. The number of nitrogens with zero attached hydrogens (tertiary/aromatic N) is 3. The monoisotopic (exact) mass is 406 g/mol. The van der Waals surface area contributed by atoms with Gasteiger partial charge in [-0.15, -0.1) is 0 Å². The van der Waals surface area contributed by atoms with E-state index < -0.39 is 0 Å². The minimum absolute atomic E-state index is 0.0450. The molecule has 6 nitrogen and oxygen atoms in total. The van der Waals surface area contributed by atoms with Crippen molar-refractivity contribution in [3.05, 3.63) is 59.3 Å². The number of hydrogen-bond donors (Lipinski definition) is 1. The molecule has 1 N–H and O–H groups in total. The molecule has 158 valence electrons. The fraction of sp³-hybridized carbons (Fsp3) is 0.458. The second-order valence-electron chi connectivity index (χ2n) is 8.39. The van der Waals surface area contributed by atoms with Crippen molar-refractivity contribution >= 4 is 17.6 Å². The second kappa shape index (κ2) is 9.28. The molecule has 2 fully saturated rings. The number of anilines is 1. The van der Waals surface area contributed by atoms with Crippen LogP contribution in [-0.2, 0) is 11.3 Å². The molecule has 30 heavy (non-hydrogen) atoms. The van der Waals surface area contributed by atoms with Crippen LogP contribution in [0.4, 0.5) is 5.82 Å². The summed E-state index contributed by atoms with van der Waals surface area (Å²) in [7, 11) is 0. The molecule has 6 heteroatoms. The number of rotatable bonds is 6. The molecule has 2 amide bonds. The average Bonchev–Trinajstić information content (AvgIpc) is 3.18. The van der Waals surface area contributed by atoms with Gasteiger partial charge in [-0.3, -0.25) is 9.59 Å². The van der Waals surface area contributed by atoms with Crippen molar-refractivity contribution in [1.29, 1.82) is 0 Å². The molecule has 4 rings (SSSR count). The number of benzene rings is 1. The maximum atomic E-state index is 12.8. The Morgan fingerprint density at radius 3 is 2.60 bits per heavy atom. The summed E-state index contributed by atoms with van der Waals surface area (Å²) < 4.78 is 0. The molecule has 0 saturated carbocycles. The highest BCUT2D eigenvalue weighted by atomic mass is 16.2. The van der Waals surface area contributed by atoms with Gasteiger partial charge in [-0.25, -0.2) is 4.98 Å². The van der Waals surface area contributed by atoms with Gasteiger partial charge in [0.2, 0.25) is 5.91 Å². The zero-order chi connectivity index (χ0) is 20.9. The van der Waals surface area contributed by atoms with Crippen LogP contribution in [0.1, 0.15) is 47.2 Å². The first-order chi connectivity index (χ1) is 14.6. The van der Waals surface area contributed by atoms with Crippen LogP contribution in [0, 0.1) is 12.8 Å². The number of aryl methyl sites for hydroxylation is 1. The first kappa shape index (κ1) is 20.4. The summed E-state index contributed by atoms with van der Waals surface area (Å²) in [5.74, 6) is 1.60. The summed E-state index contributed by atoms with van der Waals surface area (Å²) in [6.07, 6.45) is 5.26.